The SMILES string of the molecule is CCCCCCOc1ccc(CC2NCCc3cc(OC)c(OC)cc32)cc1. The highest BCUT2D eigenvalue weighted by molar-refractivity contribution is 5.49. The largest absolute Gasteiger partial charge is 0.494 e. The Morgan fingerprint density at radius 3 is 2.43 bits per heavy atom. The van der Waals surface area contributed by atoms with Crippen molar-refractivity contribution in [3.05, 3.63) is 53.1 Å². The molecule has 0 aromatic heterocycles. The van der Waals surface area contributed by atoms with Crippen molar-refractivity contribution in [3.63, 3.8) is 0 Å². The summed E-state index contributed by atoms with van der Waals surface area (Å²) in [5, 5.41) is 3.65. The van der Waals surface area contributed by atoms with E-state index >= 15 is 0 Å². The molecule has 0 bridgehead atoms. The van der Waals surface area contributed by atoms with E-state index in [-0.39, 0.29) is 6.04 Å². The Hall–Kier alpha value is -2.20. The van der Waals surface area contributed by atoms with Gasteiger partial charge in [-0.2, -0.15) is 0 Å². The second-order valence-electron chi connectivity index (χ2n) is 7.42. The van der Waals surface area contributed by atoms with Crippen molar-refractivity contribution >= 4 is 0 Å². The third-order valence-corrected chi connectivity index (χ3v) is 5.44. The molecule has 152 valence electrons. The molecule has 1 heterocycles. The number of fused-ring (bicyclic) bond motifs is 1. The van der Waals surface area contributed by atoms with Crippen LogP contribution in [0.25, 0.3) is 0 Å². The number of nitrogens with one attached hydrogen (secondary N) is 1. The molecule has 2 aromatic carbocycles. The van der Waals surface area contributed by atoms with E-state index < -0.39 is 0 Å². The summed E-state index contributed by atoms with van der Waals surface area (Å²) in [5.74, 6) is 2.56. The molecule has 1 aliphatic heterocycles. The quantitative estimate of drug-likeness (QED) is 0.580. The first-order valence-electron chi connectivity index (χ1n) is 10.4. The number of methoxy groups -OCH3 is 2. The standard InChI is InChI=1S/C24H33NO3/c1-4-5-6-7-14-28-20-10-8-18(9-11-20)15-22-21-17-24(27-3)23(26-2)16-19(21)12-13-25-22/h8-11,16-17,22,25H,4-7,12-15H2,1-3H3. The second kappa shape index (κ2) is 10.4. The molecule has 4 nitrogen and oxygen atoms in total. The van der Waals surface area contributed by atoms with Crippen LogP contribution in [0.4, 0.5) is 0 Å². The van der Waals surface area contributed by atoms with E-state index in [2.05, 4.69) is 48.6 Å². The van der Waals surface area contributed by atoms with Gasteiger partial charge in [0.1, 0.15) is 5.75 Å². The van der Waals surface area contributed by atoms with Gasteiger partial charge >= 0.3 is 0 Å². The molecule has 1 unspecified atom stereocenters. The minimum absolute atomic E-state index is 0.282. The van der Waals surface area contributed by atoms with Crippen molar-refractivity contribution in [1.82, 2.24) is 5.32 Å². The Labute approximate surface area is 169 Å². The molecular weight excluding hydrogens is 350 g/mol. The Bertz CT molecular complexity index is 742. The zero-order valence-corrected chi connectivity index (χ0v) is 17.4. The van der Waals surface area contributed by atoms with E-state index in [1.165, 1.54) is 36.0 Å². The van der Waals surface area contributed by atoms with Crippen molar-refractivity contribution in [2.24, 2.45) is 0 Å². The fraction of sp³-hybridized carbons (Fsp3) is 0.500. The van der Waals surface area contributed by atoms with Crippen molar-refractivity contribution in [3.8, 4) is 17.2 Å². The maximum absolute atomic E-state index is 5.86. The average Bonchev–Trinajstić information content (AvgIpc) is 2.74. The highest BCUT2D eigenvalue weighted by atomic mass is 16.5. The van der Waals surface area contributed by atoms with Gasteiger partial charge in [0.05, 0.1) is 20.8 Å². The van der Waals surface area contributed by atoms with Crippen LogP contribution in [0.1, 0.15) is 55.3 Å². The van der Waals surface area contributed by atoms with Gasteiger partial charge in [-0.25, -0.2) is 0 Å². The van der Waals surface area contributed by atoms with Crippen LogP contribution in [-0.2, 0) is 12.8 Å². The smallest absolute Gasteiger partial charge is 0.161 e. The molecule has 0 saturated carbocycles. The van der Waals surface area contributed by atoms with Crippen LogP contribution in [0.5, 0.6) is 17.2 Å². The van der Waals surface area contributed by atoms with Crippen molar-refractivity contribution < 1.29 is 14.2 Å². The van der Waals surface area contributed by atoms with E-state index in [9.17, 15) is 0 Å². The first-order valence-corrected chi connectivity index (χ1v) is 10.4. The number of ether oxygens (including phenoxy) is 3. The molecule has 28 heavy (non-hydrogen) atoms. The molecule has 0 saturated heterocycles. The molecule has 0 spiro atoms. The highest BCUT2D eigenvalue weighted by Gasteiger charge is 2.22. The normalized spacial score (nSPS) is 15.8. The van der Waals surface area contributed by atoms with Crippen molar-refractivity contribution in [2.45, 2.75) is 51.5 Å². The maximum atomic E-state index is 5.86. The minimum atomic E-state index is 0.282. The minimum Gasteiger partial charge on any atom is -0.494 e. The lowest BCUT2D eigenvalue weighted by Gasteiger charge is -2.28. The van der Waals surface area contributed by atoms with Crippen LogP contribution in [-0.4, -0.2) is 27.4 Å². The van der Waals surface area contributed by atoms with Gasteiger partial charge in [0.15, 0.2) is 11.5 Å². The Morgan fingerprint density at radius 1 is 0.964 bits per heavy atom. The maximum Gasteiger partial charge on any atom is 0.161 e. The summed E-state index contributed by atoms with van der Waals surface area (Å²) < 4.78 is 16.8. The lowest BCUT2D eigenvalue weighted by molar-refractivity contribution is 0.305. The number of hydrogen-bond donors (Lipinski definition) is 1. The Balaban J connectivity index is 1.63. The van der Waals surface area contributed by atoms with Gasteiger partial charge in [-0.15, -0.1) is 0 Å². The topological polar surface area (TPSA) is 39.7 Å². The number of rotatable bonds is 10. The summed E-state index contributed by atoms with van der Waals surface area (Å²) in [6, 6.07) is 13.1. The van der Waals surface area contributed by atoms with Gasteiger partial charge in [-0.3, -0.25) is 0 Å². The molecule has 3 rings (SSSR count). The monoisotopic (exact) mass is 383 g/mol. The van der Waals surface area contributed by atoms with Gasteiger partial charge in [-0.1, -0.05) is 38.3 Å². The van der Waals surface area contributed by atoms with Crippen LogP contribution in [0.15, 0.2) is 36.4 Å². The van der Waals surface area contributed by atoms with Crippen LogP contribution >= 0.6 is 0 Å². The van der Waals surface area contributed by atoms with E-state index in [0.29, 0.717) is 0 Å². The van der Waals surface area contributed by atoms with Gasteiger partial charge in [0.2, 0.25) is 0 Å². The average molecular weight is 384 g/mol. The summed E-state index contributed by atoms with van der Waals surface area (Å²) in [4.78, 5) is 0. The molecular formula is C24H33NO3. The van der Waals surface area contributed by atoms with Gasteiger partial charge in [-0.05, 0) is 66.8 Å². The molecule has 0 amide bonds. The second-order valence-corrected chi connectivity index (χ2v) is 7.42. The van der Waals surface area contributed by atoms with E-state index in [1.807, 2.05) is 0 Å². The predicted octanol–water partition coefficient (Wildman–Crippen LogP) is 5.09. The Kier molecular flexibility index (Phi) is 7.61. The van der Waals surface area contributed by atoms with Crippen molar-refractivity contribution in [2.75, 3.05) is 27.4 Å². The molecule has 4 heteroatoms. The first kappa shape index (κ1) is 20.5. The summed E-state index contributed by atoms with van der Waals surface area (Å²) in [7, 11) is 3.38. The first-order chi connectivity index (χ1) is 13.7. The van der Waals surface area contributed by atoms with Gasteiger partial charge in [0.25, 0.3) is 0 Å². The highest BCUT2D eigenvalue weighted by Crippen LogP contribution is 2.36. The van der Waals surface area contributed by atoms with Crippen LogP contribution in [0.2, 0.25) is 0 Å². The van der Waals surface area contributed by atoms with Gasteiger partial charge in [0, 0.05) is 6.04 Å². The van der Waals surface area contributed by atoms with Crippen LogP contribution in [0, 0.1) is 0 Å². The number of benzene rings is 2. The molecule has 0 radical (unpaired) electrons. The number of unbranched alkanes of at least 4 members (excludes halogenated alkanes) is 3. The van der Waals surface area contributed by atoms with E-state index in [4.69, 9.17) is 14.2 Å². The third-order valence-electron chi connectivity index (χ3n) is 5.44. The summed E-state index contributed by atoms with van der Waals surface area (Å²) in [6.07, 6.45) is 6.87. The molecule has 1 aliphatic rings. The zero-order chi connectivity index (χ0) is 19.8. The van der Waals surface area contributed by atoms with E-state index in [0.717, 1.165) is 49.7 Å². The van der Waals surface area contributed by atoms with Crippen molar-refractivity contribution in [1.29, 1.82) is 0 Å². The lowest BCUT2D eigenvalue weighted by atomic mass is 9.90. The summed E-state index contributed by atoms with van der Waals surface area (Å²) in [5.41, 5.74) is 3.95. The number of hydrogen-bond acceptors (Lipinski definition) is 4. The summed E-state index contributed by atoms with van der Waals surface area (Å²) >= 11 is 0. The fourth-order valence-corrected chi connectivity index (χ4v) is 3.83. The fourth-order valence-electron chi connectivity index (χ4n) is 3.83. The molecule has 1 atom stereocenters. The van der Waals surface area contributed by atoms with Crippen LogP contribution in [0.3, 0.4) is 0 Å². The van der Waals surface area contributed by atoms with E-state index in [1.54, 1.807) is 14.2 Å². The Morgan fingerprint density at radius 2 is 1.71 bits per heavy atom. The molecule has 0 fully saturated rings. The molecule has 1 N–H and O–H groups in total. The zero-order valence-electron chi connectivity index (χ0n) is 17.4. The predicted molar refractivity (Wildman–Crippen MR) is 114 cm³/mol. The third kappa shape index (κ3) is 5.20. The van der Waals surface area contributed by atoms with Crippen LogP contribution < -0.4 is 19.5 Å². The lowest BCUT2D eigenvalue weighted by Crippen LogP contribution is -2.31. The van der Waals surface area contributed by atoms with Gasteiger partial charge < -0.3 is 19.5 Å². The summed E-state index contributed by atoms with van der Waals surface area (Å²) in [6.45, 7) is 4.01. The molecule has 2 aromatic rings. The molecule has 0 aliphatic carbocycles.